The summed E-state index contributed by atoms with van der Waals surface area (Å²) >= 11 is 1.21. The molecule has 0 saturated carbocycles. The van der Waals surface area contributed by atoms with Crippen molar-refractivity contribution in [3.63, 3.8) is 0 Å². The molecule has 2 aromatic heterocycles. The van der Waals surface area contributed by atoms with Gasteiger partial charge in [0.15, 0.2) is 5.13 Å². The Hall–Kier alpha value is -3.15. The van der Waals surface area contributed by atoms with E-state index in [-0.39, 0.29) is 30.0 Å². The van der Waals surface area contributed by atoms with Crippen LogP contribution in [0.5, 0.6) is 0 Å². The lowest BCUT2D eigenvalue weighted by molar-refractivity contribution is -0.159. The van der Waals surface area contributed by atoms with Crippen molar-refractivity contribution < 1.29 is 22.5 Å². The number of aromatic nitrogens is 3. The van der Waals surface area contributed by atoms with Crippen LogP contribution >= 0.6 is 11.3 Å². The smallest absolute Gasteiger partial charge is 0.341 e. The minimum Gasteiger partial charge on any atom is -0.341 e. The van der Waals surface area contributed by atoms with Crippen LogP contribution < -0.4 is 10.2 Å². The number of carbonyl (C=O) groups is 1. The first-order chi connectivity index (χ1) is 15.3. The molecule has 2 fully saturated rings. The SMILES string of the molecule is C[C@@H](NC(=O)N1CC2CC1CN2c1ncc(-c2noc(C(F)(F)F)n2)s1)c1ccccc1. The van der Waals surface area contributed by atoms with Crippen molar-refractivity contribution in [1.82, 2.24) is 25.3 Å². The maximum absolute atomic E-state index is 12.8. The molecule has 12 heteroatoms. The Morgan fingerprint density at radius 1 is 1.25 bits per heavy atom. The minimum atomic E-state index is -4.69. The number of thiazole rings is 1. The largest absolute Gasteiger partial charge is 0.471 e. The van der Waals surface area contributed by atoms with Crippen molar-refractivity contribution in [2.24, 2.45) is 0 Å². The first kappa shape index (κ1) is 20.7. The van der Waals surface area contributed by atoms with Crippen LogP contribution in [0, 0.1) is 0 Å². The van der Waals surface area contributed by atoms with Gasteiger partial charge >= 0.3 is 18.1 Å². The standard InChI is InChI=1S/C20H19F3N6O2S/c1-11(12-5-3-2-4-6-12)25-18(30)28-9-14-7-13(28)10-29(14)19-24-8-15(32-19)16-26-17(31-27-16)20(21,22)23/h2-6,8,11,13-14H,7,9-10H2,1H3,(H,25,30)/t11-,13?,14?/m1/s1. The lowest BCUT2D eigenvalue weighted by Crippen LogP contribution is -2.52. The molecule has 32 heavy (non-hydrogen) atoms. The zero-order chi connectivity index (χ0) is 22.5. The molecule has 0 aliphatic carbocycles. The number of hydrogen-bond acceptors (Lipinski definition) is 7. The van der Waals surface area contributed by atoms with Crippen LogP contribution in [0.2, 0.25) is 0 Å². The fourth-order valence-corrected chi connectivity index (χ4v) is 5.11. The van der Waals surface area contributed by atoms with E-state index in [4.69, 9.17) is 0 Å². The predicted octanol–water partition coefficient (Wildman–Crippen LogP) is 3.95. The fourth-order valence-electron chi connectivity index (χ4n) is 4.18. The highest BCUT2D eigenvalue weighted by Gasteiger charge is 2.46. The topological polar surface area (TPSA) is 87.4 Å². The van der Waals surface area contributed by atoms with E-state index >= 15 is 0 Å². The number of piperazine rings is 1. The first-order valence-corrected chi connectivity index (χ1v) is 10.9. The molecular formula is C20H19F3N6O2S. The Morgan fingerprint density at radius 3 is 2.69 bits per heavy atom. The van der Waals surface area contributed by atoms with Gasteiger partial charge in [0, 0.05) is 13.1 Å². The molecule has 8 nitrogen and oxygen atoms in total. The van der Waals surface area contributed by atoms with E-state index in [1.165, 1.54) is 17.5 Å². The maximum Gasteiger partial charge on any atom is 0.471 e. The highest BCUT2D eigenvalue weighted by atomic mass is 32.1. The van der Waals surface area contributed by atoms with Crippen molar-refractivity contribution >= 4 is 22.5 Å². The Balaban J connectivity index is 1.22. The summed E-state index contributed by atoms with van der Waals surface area (Å²) in [4.78, 5) is 24.9. The third kappa shape index (κ3) is 3.78. The Bertz CT molecular complexity index is 1120. The summed E-state index contributed by atoms with van der Waals surface area (Å²) in [5.41, 5.74) is 1.04. The van der Waals surface area contributed by atoms with Gasteiger partial charge in [0.1, 0.15) is 0 Å². The summed E-state index contributed by atoms with van der Waals surface area (Å²) in [5, 5.41) is 7.14. The zero-order valence-corrected chi connectivity index (χ0v) is 17.7. The number of carbonyl (C=O) groups excluding carboxylic acids is 1. The van der Waals surface area contributed by atoms with E-state index in [1.807, 2.05) is 42.2 Å². The number of nitrogens with one attached hydrogen (secondary N) is 1. The van der Waals surface area contributed by atoms with Crippen LogP contribution in [-0.2, 0) is 6.18 Å². The second-order valence-corrected chi connectivity index (χ2v) is 8.87. The Labute approximate surface area is 185 Å². The van der Waals surface area contributed by atoms with Crippen LogP contribution in [0.25, 0.3) is 10.7 Å². The molecule has 5 rings (SSSR count). The van der Waals surface area contributed by atoms with Gasteiger partial charge in [0.2, 0.25) is 5.82 Å². The Morgan fingerprint density at radius 2 is 2.03 bits per heavy atom. The summed E-state index contributed by atoms with van der Waals surface area (Å²) in [6.45, 7) is 3.13. The third-order valence-corrected chi connectivity index (χ3v) is 6.80. The lowest BCUT2D eigenvalue weighted by atomic mass is 10.1. The van der Waals surface area contributed by atoms with Gasteiger partial charge in [-0.05, 0) is 18.9 Å². The van der Waals surface area contributed by atoms with Crippen molar-refractivity contribution in [1.29, 1.82) is 0 Å². The average Bonchev–Trinajstić information content (AvgIpc) is 3.56. The number of halogens is 3. The number of likely N-dealkylation sites (tertiary alicyclic amines) is 1. The molecule has 2 amide bonds. The molecule has 2 aliphatic rings. The van der Waals surface area contributed by atoms with Gasteiger partial charge in [-0.15, -0.1) is 0 Å². The molecular weight excluding hydrogens is 445 g/mol. The van der Waals surface area contributed by atoms with Gasteiger partial charge in [0.05, 0.1) is 29.2 Å². The molecule has 0 radical (unpaired) electrons. The van der Waals surface area contributed by atoms with Crippen LogP contribution in [0.3, 0.4) is 0 Å². The summed E-state index contributed by atoms with van der Waals surface area (Å²) in [5.74, 6) is -1.52. The van der Waals surface area contributed by atoms with E-state index in [2.05, 4.69) is 29.9 Å². The van der Waals surface area contributed by atoms with Gasteiger partial charge in [-0.3, -0.25) is 0 Å². The molecule has 3 atom stereocenters. The van der Waals surface area contributed by atoms with Gasteiger partial charge in [-0.1, -0.05) is 46.8 Å². The number of amides is 2. The highest BCUT2D eigenvalue weighted by molar-refractivity contribution is 7.18. The molecule has 1 N–H and O–H groups in total. The second-order valence-electron chi connectivity index (χ2n) is 7.86. The van der Waals surface area contributed by atoms with Gasteiger partial charge in [-0.25, -0.2) is 9.78 Å². The van der Waals surface area contributed by atoms with Crippen molar-refractivity contribution in [3.05, 3.63) is 48.0 Å². The van der Waals surface area contributed by atoms with E-state index in [0.717, 1.165) is 12.0 Å². The maximum atomic E-state index is 12.8. The third-order valence-electron chi connectivity index (χ3n) is 5.77. The number of benzene rings is 1. The molecule has 2 unspecified atom stereocenters. The van der Waals surface area contributed by atoms with Crippen molar-refractivity contribution in [2.75, 3.05) is 18.0 Å². The number of fused-ring (bicyclic) bond motifs is 2. The van der Waals surface area contributed by atoms with Crippen LogP contribution in [-0.4, -0.2) is 51.2 Å². The highest BCUT2D eigenvalue weighted by Crippen LogP contribution is 2.39. The number of urea groups is 1. The van der Waals surface area contributed by atoms with Crippen molar-refractivity contribution in [2.45, 2.75) is 37.6 Å². The number of anilines is 1. The molecule has 2 saturated heterocycles. The monoisotopic (exact) mass is 464 g/mol. The predicted molar refractivity (Wildman–Crippen MR) is 110 cm³/mol. The van der Waals surface area contributed by atoms with E-state index < -0.39 is 12.1 Å². The van der Waals surface area contributed by atoms with Gasteiger partial charge < -0.3 is 19.6 Å². The summed E-state index contributed by atoms with van der Waals surface area (Å²) in [6, 6.07) is 9.73. The number of rotatable bonds is 4. The zero-order valence-electron chi connectivity index (χ0n) is 16.9. The number of nitrogens with zero attached hydrogens (tertiary/aromatic N) is 5. The van der Waals surface area contributed by atoms with E-state index in [0.29, 0.717) is 23.1 Å². The molecule has 3 aromatic rings. The van der Waals surface area contributed by atoms with Crippen LogP contribution in [0.4, 0.5) is 23.1 Å². The molecule has 168 valence electrons. The van der Waals surface area contributed by atoms with Crippen molar-refractivity contribution in [3.8, 4) is 10.7 Å². The first-order valence-electron chi connectivity index (χ1n) is 10.1. The van der Waals surface area contributed by atoms with E-state index in [1.54, 1.807) is 0 Å². The summed E-state index contributed by atoms with van der Waals surface area (Å²) < 4.78 is 42.4. The second kappa shape index (κ2) is 7.76. The summed E-state index contributed by atoms with van der Waals surface area (Å²) in [7, 11) is 0. The number of hydrogen-bond donors (Lipinski definition) is 1. The fraction of sp³-hybridized carbons (Fsp3) is 0.400. The molecule has 0 spiro atoms. The quantitative estimate of drug-likeness (QED) is 0.629. The molecule has 2 aliphatic heterocycles. The number of alkyl halides is 3. The average molecular weight is 464 g/mol. The summed E-state index contributed by atoms with van der Waals surface area (Å²) in [6.07, 6.45) is -2.42. The van der Waals surface area contributed by atoms with Crippen LogP contribution in [0.15, 0.2) is 41.1 Å². The van der Waals surface area contributed by atoms with E-state index in [9.17, 15) is 18.0 Å². The van der Waals surface area contributed by atoms with Crippen LogP contribution in [0.1, 0.15) is 30.8 Å². The van der Waals surface area contributed by atoms with Gasteiger partial charge in [0.25, 0.3) is 0 Å². The normalized spacial score (nSPS) is 21.2. The molecule has 2 bridgehead atoms. The lowest BCUT2D eigenvalue weighted by Gasteiger charge is -2.34. The molecule has 1 aromatic carbocycles. The minimum absolute atomic E-state index is 0.0531. The molecule has 4 heterocycles. The van der Waals surface area contributed by atoms with Gasteiger partial charge in [-0.2, -0.15) is 18.2 Å². The Kier molecular flexibility index (Phi) is 5.03.